The number of methoxy groups -OCH3 is 1. The Balaban J connectivity index is 2.66. The molecular formula is C13H9Cl2FN2O2. The molecule has 2 rings (SSSR count). The predicted octanol–water partition coefficient (Wildman–Crippen LogP) is 3.68. The molecule has 0 aliphatic rings. The van der Waals surface area contributed by atoms with Crippen LogP contribution in [0.1, 0.15) is 15.9 Å². The number of rotatable bonds is 2. The van der Waals surface area contributed by atoms with Crippen LogP contribution in [0.3, 0.4) is 0 Å². The topological polar surface area (TPSA) is 52.1 Å². The van der Waals surface area contributed by atoms with Crippen molar-refractivity contribution in [3.63, 3.8) is 0 Å². The molecule has 2 aromatic rings. The summed E-state index contributed by atoms with van der Waals surface area (Å²) in [7, 11) is 1.22. The molecule has 0 radical (unpaired) electrons. The van der Waals surface area contributed by atoms with Crippen LogP contribution >= 0.6 is 23.2 Å². The number of nitrogens with zero attached hydrogens (tertiary/aromatic N) is 2. The normalized spacial score (nSPS) is 10.4. The van der Waals surface area contributed by atoms with E-state index in [0.29, 0.717) is 5.56 Å². The number of esters is 1. The van der Waals surface area contributed by atoms with Crippen molar-refractivity contribution in [1.82, 2.24) is 9.97 Å². The van der Waals surface area contributed by atoms with E-state index in [1.54, 1.807) is 0 Å². The van der Waals surface area contributed by atoms with Gasteiger partial charge in [-0.1, -0.05) is 11.6 Å². The van der Waals surface area contributed by atoms with Crippen LogP contribution in [-0.4, -0.2) is 23.0 Å². The molecule has 0 aliphatic heterocycles. The highest BCUT2D eigenvalue weighted by atomic mass is 35.5. The summed E-state index contributed by atoms with van der Waals surface area (Å²) in [5.41, 5.74) is 0.865. The second-order valence-corrected chi connectivity index (χ2v) is 4.70. The van der Waals surface area contributed by atoms with Gasteiger partial charge >= 0.3 is 5.97 Å². The molecule has 7 heteroatoms. The van der Waals surface area contributed by atoms with Crippen LogP contribution in [0.25, 0.3) is 11.3 Å². The molecule has 0 spiro atoms. The van der Waals surface area contributed by atoms with E-state index in [-0.39, 0.29) is 27.1 Å². The first-order valence-corrected chi connectivity index (χ1v) is 6.26. The summed E-state index contributed by atoms with van der Waals surface area (Å²) >= 11 is 11.7. The number of aromatic nitrogens is 2. The number of hydrogen-bond acceptors (Lipinski definition) is 4. The Bertz CT molecular complexity index is 692. The van der Waals surface area contributed by atoms with Gasteiger partial charge in [0.25, 0.3) is 0 Å². The largest absolute Gasteiger partial charge is 0.465 e. The number of carbonyl (C=O) groups excluding carboxylic acids is 1. The summed E-state index contributed by atoms with van der Waals surface area (Å²) in [5, 5.41) is 0.179. The molecule has 0 aliphatic carbocycles. The first kappa shape index (κ1) is 14.7. The molecule has 0 N–H and O–H groups in total. The molecule has 1 aromatic heterocycles. The Hall–Kier alpha value is -1.72. The number of carbonyl (C=O) groups is 1. The minimum Gasteiger partial charge on any atom is -0.465 e. The lowest BCUT2D eigenvalue weighted by molar-refractivity contribution is 0.0599. The van der Waals surface area contributed by atoms with Crippen LogP contribution in [0.5, 0.6) is 0 Å². The van der Waals surface area contributed by atoms with Gasteiger partial charge in [0.2, 0.25) is 5.28 Å². The van der Waals surface area contributed by atoms with Crippen LogP contribution < -0.4 is 0 Å². The summed E-state index contributed by atoms with van der Waals surface area (Å²) in [6.45, 7) is 1.49. The average molecular weight is 315 g/mol. The Morgan fingerprint density at radius 1 is 1.35 bits per heavy atom. The molecule has 1 aromatic carbocycles. The first-order valence-electron chi connectivity index (χ1n) is 5.51. The van der Waals surface area contributed by atoms with E-state index in [1.807, 2.05) is 0 Å². The highest BCUT2D eigenvalue weighted by Gasteiger charge is 2.17. The smallest absolute Gasteiger partial charge is 0.338 e. The zero-order chi connectivity index (χ0) is 14.9. The maximum absolute atomic E-state index is 13.9. The van der Waals surface area contributed by atoms with E-state index in [4.69, 9.17) is 23.2 Å². The van der Waals surface area contributed by atoms with Gasteiger partial charge in [-0.15, -0.1) is 0 Å². The Morgan fingerprint density at radius 3 is 2.70 bits per heavy atom. The lowest BCUT2D eigenvalue weighted by Crippen LogP contribution is -2.06. The highest BCUT2D eigenvalue weighted by molar-refractivity contribution is 6.33. The molecule has 20 heavy (non-hydrogen) atoms. The Kier molecular flexibility index (Phi) is 4.20. The molecule has 0 amide bonds. The summed E-state index contributed by atoms with van der Waals surface area (Å²) < 4.78 is 18.5. The second-order valence-electron chi connectivity index (χ2n) is 3.96. The van der Waals surface area contributed by atoms with Crippen LogP contribution in [0.15, 0.2) is 18.3 Å². The van der Waals surface area contributed by atoms with Gasteiger partial charge in [-0.2, -0.15) is 0 Å². The molecule has 0 bridgehead atoms. The van der Waals surface area contributed by atoms with Gasteiger partial charge in [0.1, 0.15) is 5.82 Å². The standard InChI is InChI=1S/C13H9Cl2FN2O2/c1-6-8(12(19)20-2)3-7(4-10(6)16)11-9(14)5-17-13(15)18-11/h3-5H,1-2H3. The van der Waals surface area contributed by atoms with Crippen LogP contribution in [0.2, 0.25) is 10.3 Å². The van der Waals surface area contributed by atoms with Crippen LogP contribution in [-0.2, 0) is 4.74 Å². The fourth-order valence-electron chi connectivity index (χ4n) is 1.69. The molecular weight excluding hydrogens is 306 g/mol. The van der Waals surface area contributed by atoms with Crippen molar-refractivity contribution in [3.8, 4) is 11.3 Å². The van der Waals surface area contributed by atoms with Crippen molar-refractivity contribution in [1.29, 1.82) is 0 Å². The second kappa shape index (κ2) is 5.73. The average Bonchev–Trinajstić information content (AvgIpc) is 2.43. The zero-order valence-electron chi connectivity index (χ0n) is 10.6. The molecule has 0 atom stereocenters. The minimum atomic E-state index is -0.639. The van der Waals surface area contributed by atoms with Crippen molar-refractivity contribution in [2.45, 2.75) is 6.92 Å². The van der Waals surface area contributed by atoms with Gasteiger partial charge in [-0.3, -0.25) is 0 Å². The molecule has 0 fully saturated rings. The summed E-state index contributed by atoms with van der Waals surface area (Å²) in [5.74, 6) is -1.20. The van der Waals surface area contributed by atoms with Gasteiger partial charge < -0.3 is 4.74 Å². The summed E-state index contributed by atoms with van der Waals surface area (Å²) in [6, 6.07) is 2.68. The minimum absolute atomic E-state index is 0.0231. The van der Waals surface area contributed by atoms with Gasteiger partial charge in [-0.25, -0.2) is 19.2 Å². The van der Waals surface area contributed by atoms with Crippen molar-refractivity contribution < 1.29 is 13.9 Å². The van der Waals surface area contributed by atoms with E-state index in [1.165, 1.54) is 32.4 Å². The predicted molar refractivity (Wildman–Crippen MR) is 73.5 cm³/mol. The Labute approximate surface area is 124 Å². The molecule has 104 valence electrons. The number of hydrogen-bond donors (Lipinski definition) is 0. The number of benzene rings is 1. The summed E-state index contributed by atoms with van der Waals surface area (Å²) in [6.07, 6.45) is 1.31. The highest BCUT2D eigenvalue weighted by Crippen LogP contribution is 2.29. The third-order valence-corrected chi connectivity index (χ3v) is 3.20. The number of halogens is 3. The Morgan fingerprint density at radius 2 is 2.05 bits per heavy atom. The maximum Gasteiger partial charge on any atom is 0.338 e. The molecule has 1 heterocycles. The summed E-state index contributed by atoms with van der Waals surface area (Å²) in [4.78, 5) is 19.3. The lowest BCUT2D eigenvalue weighted by Gasteiger charge is -2.09. The zero-order valence-corrected chi connectivity index (χ0v) is 12.1. The monoisotopic (exact) mass is 314 g/mol. The van der Waals surface area contributed by atoms with E-state index >= 15 is 0 Å². The van der Waals surface area contributed by atoms with Gasteiger partial charge in [0.05, 0.1) is 29.6 Å². The third kappa shape index (κ3) is 2.73. The maximum atomic E-state index is 13.9. The van der Waals surface area contributed by atoms with Gasteiger partial charge in [-0.05, 0) is 36.2 Å². The van der Waals surface area contributed by atoms with Gasteiger partial charge in [0, 0.05) is 5.56 Å². The van der Waals surface area contributed by atoms with Crippen molar-refractivity contribution >= 4 is 29.2 Å². The fourth-order valence-corrected chi connectivity index (χ4v) is 2.02. The number of ether oxygens (including phenoxy) is 1. The third-order valence-electron chi connectivity index (χ3n) is 2.74. The van der Waals surface area contributed by atoms with Crippen molar-refractivity contribution in [2.24, 2.45) is 0 Å². The molecule has 0 saturated heterocycles. The van der Waals surface area contributed by atoms with Crippen LogP contribution in [0, 0.1) is 12.7 Å². The van der Waals surface area contributed by atoms with Crippen molar-refractivity contribution in [2.75, 3.05) is 7.11 Å². The quantitative estimate of drug-likeness (QED) is 0.626. The van der Waals surface area contributed by atoms with E-state index in [0.717, 1.165) is 0 Å². The molecule has 0 unspecified atom stereocenters. The van der Waals surface area contributed by atoms with E-state index in [9.17, 15) is 9.18 Å². The molecule has 4 nitrogen and oxygen atoms in total. The fraction of sp³-hybridized carbons (Fsp3) is 0.154. The SMILES string of the molecule is COC(=O)c1cc(-c2nc(Cl)ncc2Cl)cc(F)c1C. The lowest BCUT2D eigenvalue weighted by atomic mass is 10.0. The molecule has 0 saturated carbocycles. The van der Waals surface area contributed by atoms with Crippen molar-refractivity contribution in [3.05, 3.63) is 45.6 Å². The van der Waals surface area contributed by atoms with E-state index in [2.05, 4.69) is 14.7 Å². The van der Waals surface area contributed by atoms with E-state index < -0.39 is 11.8 Å². The van der Waals surface area contributed by atoms with Crippen LogP contribution in [0.4, 0.5) is 4.39 Å². The first-order chi connectivity index (χ1) is 9.43. The van der Waals surface area contributed by atoms with Gasteiger partial charge in [0.15, 0.2) is 0 Å².